The second-order valence-electron chi connectivity index (χ2n) is 5.70. The van der Waals surface area contributed by atoms with E-state index in [1.165, 1.54) is 22.9 Å². The molecule has 0 atom stereocenters. The summed E-state index contributed by atoms with van der Waals surface area (Å²) in [7, 11) is 0. The van der Waals surface area contributed by atoms with Crippen LogP contribution >= 0.6 is 0 Å². The van der Waals surface area contributed by atoms with Gasteiger partial charge in [0.15, 0.2) is 0 Å². The molecular formula is C16H18FN3O2. The number of aliphatic hydroxyl groups is 1. The van der Waals surface area contributed by atoms with Gasteiger partial charge in [-0.05, 0) is 56.3 Å². The van der Waals surface area contributed by atoms with Crippen LogP contribution < -0.4 is 10.9 Å². The summed E-state index contributed by atoms with van der Waals surface area (Å²) in [5.74, 6) is -0.318. The standard InChI is InChI=1S/C16H18FN3O2/c17-13-3-1-12(2-4-13)14-5-6-15(21)20(19-14)11-16(22)7-9-18-10-8-16/h1-6,18,22H,7-11H2. The van der Waals surface area contributed by atoms with E-state index < -0.39 is 5.60 Å². The lowest BCUT2D eigenvalue weighted by molar-refractivity contribution is -0.00934. The largest absolute Gasteiger partial charge is 0.388 e. The number of nitrogens with one attached hydrogen (secondary N) is 1. The molecule has 0 spiro atoms. The van der Waals surface area contributed by atoms with E-state index in [4.69, 9.17) is 0 Å². The van der Waals surface area contributed by atoms with Crippen LogP contribution in [0.1, 0.15) is 12.8 Å². The fourth-order valence-electron chi connectivity index (χ4n) is 2.67. The molecule has 0 bridgehead atoms. The van der Waals surface area contributed by atoms with Gasteiger partial charge >= 0.3 is 0 Å². The number of rotatable bonds is 3. The van der Waals surface area contributed by atoms with Crippen molar-refractivity contribution in [3.05, 3.63) is 52.6 Å². The Kier molecular flexibility index (Phi) is 4.04. The Morgan fingerprint density at radius 1 is 1.18 bits per heavy atom. The van der Waals surface area contributed by atoms with Gasteiger partial charge < -0.3 is 10.4 Å². The van der Waals surface area contributed by atoms with Crippen LogP contribution in [0.25, 0.3) is 11.3 Å². The predicted molar refractivity (Wildman–Crippen MR) is 80.9 cm³/mol. The lowest BCUT2D eigenvalue weighted by atomic mass is 9.92. The van der Waals surface area contributed by atoms with Crippen molar-refractivity contribution in [3.63, 3.8) is 0 Å². The smallest absolute Gasteiger partial charge is 0.266 e. The second-order valence-corrected chi connectivity index (χ2v) is 5.70. The average molecular weight is 303 g/mol. The Bertz CT molecular complexity index is 706. The van der Waals surface area contributed by atoms with Crippen LogP contribution in [0.15, 0.2) is 41.2 Å². The topological polar surface area (TPSA) is 67.2 Å². The first kappa shape index (κ1) is 14.9. The number of hydrogen-bond donors (Lipinski definition) is 2. The monoisotopic (exact) mass is 303 g/mol. The number of piperidine rings is 1. The van der Waals surface area contributed by atoms with Crippen LogP contribution in [0, 0.1) is 5.82 Å². The minimum absolute atomic E-state index is 0.169. The van der Waals surface area contributed by atoms with Crippen molar-refractivity contribution < 1.29 is 9.50 Å². The summed E-state index contributed by atoms with van der Waals surface area (Å²) < 4.78 is 14.3. The molecule has 22 heavy (non-hydrogen) atoms. The van der Waals surface area contributed by atoms with Gasteiger partial charge in [0.1, 0.15) is 5.82 Å². The van der Waals surface area contributed by atoms with Crippen LogP contribution in [0.5, 0.6) is 0 Å². The summed E-state index contributed by atoms with van der Waals surface area (Å²) in [6.45, 7) is 1.62. The molecule has 0 radical (unpaired) electrons. The van der Waals surface area contributed by atoms with E-state index in [2.05, 4.69) is 10.4 Å². The lowest BCUT2D eigenvalue weighted by Crippen LogP contribution is -2.46. The lowest BCUT2D eigenvalue weighted by Gasteiger charge is -2.32. The Labute approximate surface area is 127 Å². The number of aromatic nitrogens is 2. The Morgan fingerprint density at radius 2 is 1.86 bits per heavy atom. The van der Waals surface area contributed by atoms with Gasteiger partial charge in [0.05, 0.1) is 17.8 Å². The molecule has 5 nitrogen and oxygen atoms in total. The molecule has 1 aliphatic heterocycles. The Morgan fingerprint density at radius 3 is 2.55 bits per heavy atom. The van der Waals surface area contributed by atoms with Gasteiger partial charge in [-0.25, -0.2) is 9.07 Å². The number of hydrogen-bond acceptors (Lipinski definition) is 4. The van der Waals surface area contributed by atoms with Gasteiger partial charge in [-0.2, -0.15) is 5.10 Å². The van der Waals surface area contributed by atoms with Crippen molar-refractivity contribution in [3.8, 4) is 11.3 Å². The van der Waals surface area contributed by atoms with E-state index in [1.54, 1.807) is 18.2 Å². The average Bonchev–Trinajstić information content (AvgIpc) is 2.51. The highest BCUT2D eigenvalue weighted by molar-refractivity contribution is 5.57. The minimum Gasteiger partial charge on any atom is -0.388 e. The van der Waals surface area contributed by atoms with Crippen molar-refractivity contribution in [1.29, 1.82) is 0 Å². The molecule has 2 heterocycles. The molecule has 116 valence electrons. The second kappa shape index (κ2) is 5.98. The maximum atomic E-state index is 13.0. The molecule has 0 unspecified atom stereocenters. The molecule has 3 rings (SSSR count). The molecule has 0 saturated carbocycles. The summed E-state index contributed by atoms with van der Waals surface area (Å²) >= 11 is 0. The number of halogens is 1. The molecule has 0 amide bonds. The van der Waals surface area contributed by atoms with E-state index in [0.717, 1.165) is 18.7 Å². The molecular weight excluding hydrogens is 285 g/mol. The van der Waals surface area contributed by atoms with Gasteiger partial charge in [-0.15, -0.1) is 0 Å². The predicted octanol–water partition coefficient (Wildman–Crippen LogP) is 1.16. The summed E-state index contributed by atoms with van der Waals surface area (Å²) in [6.07, 6.45) is 1.17. The van der Waals surface area contributed by atoms with E-state index in [9.17, 15) is 14.3 Å². The normalized spacial score (nSPS) is 17.4. The van der Waals surface area contributed by atoms with E-state index in [-0.39, 0.29) is 17.9 Å². The van der Waals surface area contributed by atoms with Crippen LogP contribution in [0.4, 0.5) is 4.39 Å². The molecule has 6 heteroatoms. The zero-order valence-electron chi connectivity index (χ0n) is 12.1. The first-order chi connectivity index (χ1) is 10.6. The molecule has 0 aliphatic carbocycles. The molecule has 1 aliphatic rings. The van der Waals surface area contributed by atoms with Crippen LogP contribution in [-0.2, 0) is 6.54 Å². The minimum atomic E-state index is -0.913. The molecule has 1 aromatic carbocycles. The fourth-order valence-corrected chi connectivity index (χ4v) is 2.67. The highest BCUT2D eigenvalue weighted by atomic mass is 19.1. The zero-order valence-corrected chi connectivity index (χ0v) is 12.1. The number of nitrogens with zero attached hydrogens (tertiary/aromatic N) is 2. The molecule has 2 aromatic rings. The van der Waals surface area contributed by atoms with Crippen molar-refractivity contribution in [2.45, 2.75) is 25.0 Å². The van der Waals surface area contributed by atoms with Crippen molar-refractivity contribution in [1.82, 2.24) is 15.1 Å². The van der Waals surface area contributed by atoms with Crippen molar-refractivity contribution in [2.24, 2.45) is 0 Å². The first-order valence-corrected chi connectivity index (χ1v) is 7.33. The van der Waals surface area contributed by atoms with E-state index in [1.807, 2.05) is 0 Å². The molecule has 1 saturated heterocycles. The van der Waals surface area contributed by atoms with Crippen molar-refractivity contribution >= 4 is 0 Å². The van der Waals surface area contributed by atoms with Crippen LogP contribution in [0.2, 0.25) is 0 Å². The highest BCUT2D eigenvalue weighted by Crippen LogP contribution is 2.20. The third-order valence-corrected chi connectivity index (χ3v) is 3.98. The Balaban J connectivity index is 1.89. The summed E-state index contributed by atoms with van der Waals surface area (Å²) in [5, 5.41) is 18.1. The molecule has 1 fully saturated rings. The summed E-state index contributed by atoms with van der Waals surface area (Å²) in [5.41, 5.74) is 0.145. The molecule has 2 N–H and O–H groups in total. The third kappa shape index (κ3) is 3.23. The molecule has 1 aromatic heterocycles. The highest BCUT2D eigenvalue weighted by Gasteiger charge is 2.30. The first-order valence-electron chi connectivity index (χ1n) is 7.33. The van der Waals surface area contributed by atoms with Crippen LogP contribution in [-0.4, -0.2) is 33.6 Å². The van der Waals surface area contributed by atoms with E-state index in [0.29, 0.717) is 18.5 Å². The maximum Gasteiger partial charge on any atom is 0.266 e. The van der Waals surface area contributed by atoms with Gasteiger partial charge in [-0.1, -0.05) is 0 Å². The van der Waals surface area contributed by atoms with Gasteiger partial charge in [0.2, 0.25) is 0 Å². The van der Waals surface area contributed by atoms with E-state index >= 15 is 0 Å². The fraction of sp³-hybridized carbons (Fsp3) is 0.375. The number of benzene rings is 1. The van der Waals surface area contributed by atoms with Crippen molar-refractivity contribution in [2.75, 3.05) is 13.1 Å². The maximum absolute atomic E-state index is 13.0. The SMILES string of the molecule is O=c1ccc(-c2ccc(F)cc2)nn1CC1(O)CCNCC1. The summed E-state index contributed by atoms with van der Waals surface area (Å²) in [4.78, 5) is 12.0. The Hall–Kier alpha value is -2.05. The van der Waals surface area contributed by atoms with Gasteiger partial charge in [0, 0.05) is 11.6 Å². The quantitative estimate of drug-likeness (QED) is 0.893. The third-order valence-electron chi connectivity index (χ3n) is 3.98. The van der Waals surface area contributed by atoms with Gasteiger partial charge in [0.25, 0.3) is 5.56 Å². The summed E-state index contributed by atoms with van der Waals surface area (Å²) in [6, 6.07) is 8.98. The van der Waals surface area contributed by atoms with Gasteiger partial charge in [-0.3, -0.25) is 4.79 Å². The zero-order chi connectivity index (χ0) is 15.6. The van der Waals surface area contributed by atoms with Crippen LogP contribution in [0.3, 0.4) is 0 Å².